The Hall–Kier alpha value is -2.77. The second-order valence-corrected chi connectivity index (χ2v) is 5.82. The van der Waals surface area contributed by atoms with Crippen LogP contribution in [-0.2, 0) is 19.1 Å². The molecule has 8 nitrogen and oxygen atoms in total. The fourth-order valence-corrected chi connectivity index (χ4v) is 2.79. The zero-order chi connectivity index (χ0) is 19.1. The van der Waals surface area contributed by atoms with Crippen LogP contribution in [0.25, 0.3) is 0 Å². The third-order valence-electron chi connectivity index (χ3n) is 4.34. The molecule has 1 aromatic rings. The molecule has 1 saturated heterocycles. The van der Waals surface area contributed by atoms with Crippen molar-refractivity contribution >= 4 is 17.8 Å². The van der Waals surface area contributed by atoms with E-state index in [-0.39, 0.29) is 30.0 Å². The van der Waals surface area contributed by atoms with Crippen LogP contribution in [0, 0.1) is 5.92 Å². The Morgan fingerprint density at radius 2 is 1.77 bits per heavy atom. The average Bonchev–Trinajstić information content (AvgIpc) is 2.70. The Morgan fingerprint density at radius 3 is 2.35 bits per heavy atom. The van der Waals surface area contributed by atoms with Gasteiger partial charge in [0.25, 0.3) is 5.91 Å². The van der Waals surface area contributed by atoms with Crippen molar-refractivity contribution < 1.29 is 33.3 Å². The van der Waals surface area contributed by atoms with Gasteiger partial charge in [-0.2, -0.15) is 0 Å². The number of hydrogen-bond donors (Lipinski definition) is 0. The molecule has 0 saturated carbocycles. The molecule has 0 aromatic heterocycles. The molecule has 1 aliphatic heterocycles. The van der Waals surface area contributed by atoms with Gasteiger partial charge in [-0.15, -0.1) is 0 Å². The van der Waals surface area contributed by atoms with Gasteiger partial charge in [0.05, 0.1) is 27.2 Å². The summed E-state index contributed by atoms with van der Waals surface area (Å²) >= 11 is 0. The molecule has 0 bridgehead atoms. The van der Waals surface area contributed by atoms with Gasteiger partial charge in [0.15, 0.2) is 6.61 Å². The largest absolute Gasteiger partial charge is 0.497 e. The van der Waals surface area contributed by atoms with Crippen LogP contribution in [0.4, 0.5) is 0 Å². The number of likely N-dealkylation sites (tertiary alicyclic amines) is 1. The Kier molecular flexibility index (Phi) is 6.82. The number of methoxy groups -OCH3 is 3. The van der Waals surface area contributed by atoms with Crippen molar-refractivity contribution in [2.45, 2.75) is 12.8 Å². The molecule has 26 heavy (non-hydrogen) atoms. The second-order valence-electron chi connectivity index (χ2n) is 5.82. The SMILES string of the molecule is COC(=O)C1CCN(C(=O)COC(=O)c2ccc(OC)cc2OC)CC1. The highest BCUT2D eigenvalue weighted by molar-refractivity contribution is 5.94. The molecular weight excluding hydrogens is 342 g/mol. The molecule has 1 fully saturated rings. The highest BCUT2D eigenvalue weighted by Crippen LogP contribution is 2.25. The van der Waals surface area contributed by atoms with Crippen LogP contribution in [0.2, 0.25) is 0 Å². The maximum Gasteiger partial charge on any atom is 0.342 e. The summed E-state index contributed by atoms with van der Waals surface area (Å²) in [6.45, 7) is 0.501. The molecule has 0 radical (unpaired) electrons. The Balaban J connectivity index is 1.88. The topological polar surface area (TPSA) is 91.4 Å². The lowest BCUT2D eigenvalue weighted by molar-refractivity contribution is -0.149. The van der Waals surface area contributed by atoms with Crippen molar-refractivity contribution in [2.75, 3.05) is 41.0 Å². The molecule has 0 spiro atoms. The maximum atomic E-state index is 12.2. The number of hydrogen-bond acceptors (Lipinski definition) is 7. The minimum absolute atomic E-state index is 0.185. The first-order valence-corrected chi connectivity index (χ1v) is 8.25. The smallest absolute Gasteiger partial charge is 0.342 e. The summed E-state index contributed by atoms with van der Waals surface area (Å²) in [5.41, 5.74) is 0.213. The highest BCUT2D eigenvalue weighted by atomic mass is 16.5. The monoisotopic (exact) mass is 365 g/mol. The zero-order valence-corrected chi connectivity index (χ0v) is 15.1. The summed E-state index contributed by atoms with van der Waals surface area (Å²) in [5, 5.41) is 0. The fraction of sp³-hybridized carbons (Fsp3) is 0.500. The number of ether oxygens (including phenoxy) is 4. The summed E-state index contributed by atoms with van der Waals surface area (Å²) in [5.74, 6) is -0.537. The predicted molar refractivity (Wildman–Crippen MR) is 91.1 cm³/mol. The number of rotatable bonds is 6. The minimum atomic E-state index is -0.651. The number of esters is 2. The zero-order valence-electron chi connectivity index (χ0n) is 15.1. The summed E-state index contributed by atoms with van der Waals surface area (Å²) in [6, 6.07) is 4.70. The third kappa shape index (κ3) is 4.65. The van der Waals surface area contributed by atoms with E-state index in [9.17, 15) is 14.4 Å². The lowest BCUT2D eigenvalue weighted by atomic mass is 9.97. The van der Waals surface area contributed by atoms with Gasteiger partial charge in [-0.3, -0.25) is 9.59 Å². The van der Waals surface area contributed by atoms with E-state index in [0.29, 0.717) is 37.4 Å². The average molecular weight is 365 g/mol. The summed E-state index contributed by atoms with van der Waals surface area (Å²) in [7, 11) is 4.30. The Bertz CT molecular complexity index is 666. The minimum Gasteiger partial charge on any atom is -0.497 e. The van der Waals surface area contributed by atoms with Crippen molar-refractivity contribution in [1.29, 1.82) is 0 Å². The lowest BCUT2D eigenvalue weighted by Gasteiger charge is -2.30. The van der Waals surface area contributed by atoms with Gasteiger partial charge in [-0.05, 0) is 25.0 Å². The van der Waals surface area contributed by atoms with Crippen LogP contribution in [0.15, 0.2) is 18.2 Å². The standard InChI is InChI=1S/C18H23NO7/c1-23-13-4-5-14(15(10-13)24-2)18(22)26-11-16(20)19-8-6-12(7-9-19)17(21)25-3/h4-5,10,12H,6-9,11H2,1-3H3. The second kappa shape index (κ2) is 9.07. The van der Waals surface area contributed by atoms with E-state index < -0.39 is 5.97 Å². The van der Waals surface area contributed by atoms with Gasteiger partial charge in [-0.25, -0.2) is 4.79 Å². The molecule has 0 atom stereocenters. The first-order valence-electron chi connectivity index (χ1n) is 8.25. The van der Waals surface area contributed by atoms with E-state index in [2.05, 4.69) is 0 Å². The van der Waals surface area contributed by atoms with Gasteiger partial charge in [0, 0.05) is 19.2 Å². The molecule has 8 heteroatoms. The molecule has 0 N–H and O–H groups in total. The molecule has 2 rings (SSSR count). The first-order chi connectivity index (χ1) is 12.5. The quantitative estimate of drug-likeness (QED) is 0.701. The number of amides is 1. The van der Waals surface area contributed by atoms with Crippen molar-refractivity contribution in [3.63, 3.8) is 0 Å². The molecule has 0 unspecified atom stereocenters. The molecule has 1 aromatic carbocycles. The maximum absolute atomic E-state index is 12.2. The first kappa shape index (κ1) is 19.6. The Labute approximate surface area is 152 Å². The molecular formula is C18H23NO7. The van der Waals surface area contributed by atoms with E-state index in [1.54, 1.807) is 17.0 Å². The van der Waals surface area contributed by atoms with Gasteiger partial charge >= 0.3 is 11.9 Å². The number of benzene rings is 1. The van der Waals surface area contributed by atoms with Crippen molar-refractivity contribution in [3.05, 3.63) is 23.8 Å². The normalized spacial score (nSPS) is 14.5. The van der Waals surface area contributed by atoms with E-state index in [1.165, 1.54) is 27.4 Å². The van der Waals surface area contributed by atoms with E-state index in [0.717, 1.165) is 0 Å². The molecule has 0 aliphatic carbocycles. The number of nitrogens with zero attached hydrogens (tertiary/aromatic N) is 1. The summed E-state index contributed by atoms with van der Waals surface area (Å²) in [6.07, 6.45) is 1.08. The van der Waals surface area contributed by atoms with Gasteiger partial charge in [-0.1, -0.05) is 0 Å². The molecule has 142 valence electrons. The Morgan fingerprint density at radius 1 is 1.08 bits per heavy atom. The van der Waals surface area contributed by atoms with Crippen molar-refractivity contribution in [1.82, 2.24) is 4.90 Å². The molecule has 1 amide bonds. The molecule has 1 heterocycles. The van der Waals surface area contributed by atoms with Gasteiger partial charge in [0.1, 0.15) is 17.1 Å². The highest BCUT2D eigenvalue weighted by Gasteiger charge is 2.28. The number of piperidine rings is 1. The van der Waals surface area contributed by atoms with Crippen LogP contribution in [-0.4, -0.2) is 63.8 Å². The van der Waals surface area contributed by atoms with Crippen LogP contribution in [0.3, 0.4) is 0 Å². The summed E-state index contributed by atoms with van der Waals surface area (Å²) in [4.78, 5) is 37.5. The van der Waals surface area contributed by atoms with Crippen LogP contribution >= 0.6 is 0 Å². The van der Waals surface area contributed by atoms with E-state index in [4.69, 9.17) is 18.9 Å². The summed E-state index contributed by atoms with van der Waals surface area (Å²) < 4.78 is 20.1. The van der Waals surface area contributed by atoms with Crippen molar-refractivity contribution in [3.8, 4) is 11.5 Å². The number of carbonyl (C=O) groups excluding carboxylic acids is 3. The van der Waals surface area contributed by atoms with Gasteiger partial charge < -0.3 is 23.8 Å². The van der Waals surface area contributed by atoms with Crippen LogP contribution in [0.5, 0.6) is 11.5 Å². The van der Waals surface area contributed by atoms with Crippen molar-refractivity contribution in [2.24, 2.45) is 5.92 Å². The lowest BCUT2D eigenvalue weighted by Crippen LogP contribution is -2.42. The molecule has 1 aliphatic rings. The number of carbonyl (C=O) groups is 3. The van der Waals surface area contributed by atoms with E-state index in [1.807, 2.05) is 0 Å². The van der Waals surface area contributed by atoms with E-state index >= 15 is 0 Å². The van der Waals surface area contributed by atoms with Crippen LogP contribution < -0.4 is 9.47 Å². The fourth-order valence-electron chi connectivity index (χ4n) is 2.79. The van der Waals surface area contributed by atoms with Gasteiger partial charge in [0.2, 0.25) is 0 Å². The van der Waals surface area contributed by atoms with Crippen LogP contribution in [0.1, 0.15) is 23.2 Å². The third-order valence-corrected chi connectivity index (χ3v) is 4.34. The predicted octanol–water partition coefficient (Wildman–Crippen LogP) is 1.27.